The van der Waals surface area contributed by atoms with E-state index in [4.69, 9.17) is 28.6 Å². The van der Waals surface area contributed by atoms with Crippen LogP contribution in [0, 0.1) is 5.41 Å². The Morgan fingerprint density at radius 2 is 1.89 bits per heavy atom. The molecule has 0 radical (unpaired) electrons. The van der Waals surface area contributed by atoms with Crippen LogP contribution < -0.4 is 20.9 Å². The van der Waals surface area contributed by atoms with Crippen molar-refractivity contribution in [3.8, 4) is 5.69 Å². The third kappa shape index (κ3) is 5.15. The largest absolute Gasteiger partial charge is 0.373 e. The quantitative estimate of drug-likeness (QED) is 0.219. The van der Waals surface area contributed by atoms with Gasteiger partial charge < -0.3 is 10.6 Å². The molecule has 4 rings (SSSR count). The lowest BCUT2D eigenvalue weighted by Crippen LogP contribution is -2.33. The van der Waals surface area contributed by atoms with Crippen LogP contribution in [-0.2, 0) is 10.0 Å². The molecule has 2 amide bonds. The van der Waals surface area contributed by atoms with Gasteiger partial charge in [0.25, 0.3) is 15.6 Å². The molecule has 0 saturated carbocycles. The highest BCUT2D eigenvalue weighted by atomic mass is 35.5. The Morgan fingerprint density at radius 3 is 2.54 bits per heavy atom. The van der Waals surface area contributed by atoms with Gasteiger partial charge in [-0.1, -0.05) is 29.3 Å². The SMILES string of the molecule is CNC(=N)c1ccc2c(=O)n(-c3ccc(NC(=O)NS(=O)(=O)c4ccc(Cl)s4)cc3Cl)cnc2c1. The fourth-order valence-corrected chi connectivity index (χ4v) is 5.81. The van der Waals surface area contributed by atoms with E-state index in [2.05, 4.69) is 15.6 Å². The Kier molecular flexibility index (Phi) is 6.81. The maximum Gasteiger partial charge on any atom is 0.333 e. The average molecular weight is 551 g/mol. The van der Waals surface area contributed by atoms with E-state index in [1.54, 1.807) is 25.2 Å². The first-order valence-electron chi connectivity index (χ1n) is 9.76. The highest BCUT2D eigenvalue weighted by Gasteiger charge is 2.20. The van der Waals surface area contributed by atoms with Crippen LogP contribution in [0.15, 0.2) is 63.9 Å². The normalized spacial score (nSPS) is 11.3. The van der Waals surface area contributed by atoms with E-state index < -0.39 is 16.1 Å². The molecule has 10 nitrogen and oxygen atoms in total. The van der Waals surface area contributed by atoms with Crippen LogP contribution in [0.3, 0.4) is 0 Å². The Hall–Kier alpha value is -3.45. The maximum absolute atomic E-state index is 13.0. The summed E-state index contributed by atoms with van der Waals surface area (Å²) in [6.07, 6.45) is 1.32. The number of amides is 2. The van der Waals surface area contributed by atoms with Gasteiger partial charge in [-0.2, -0.15) is 0 Å². The molecule has 0 aliphatic heterocycles. The molecular weight excluding hydrogens is 535 g/mol. The molecule has 0 saturated heterocycles. The standard InChI is InChI=1S/C21H16Cl2N6O4S2/c1-25-19(24)11-2-4-13-15(8-11)26-10-29(20(13)30)16-5-3-12(9-14(16)22)27-21(31)28-35(32,33)18-7-6-17(23)34-18/h2-10H,1H3,(H2,24,25)(H2,27,28,31). The first-order chi connectivity index (χ1) is 16.6. The number of thiophene rings is 1. The molecule has 2 aromatic carbocycles. The van der Waals surface area contributed by atoms with E-state index in [1.807, 2.05) is 4.72 Å². The van der Waals surface area contributed by atoms with Gasteiger partial charge in [0, 0.05) is 18.3 Å². The second-order valence-electron chi connectivity index (χ2n) is 7.06. The molecule has 4 N–H and O–H groups in total. The van der Waals surface area contributed by atoms with E-state index >= 15 is 0 Å². The zero-order valence-corrected chi connectivity index (χ0v) is 20.9. The number of rotatable bonds is 5. The van der Waals surface area contributed by atoms with Gasteiger partial charge in [-0.3, -0.25) is 14.8 Å². The van der Waals surface area contributed by atoms with Crippen molar-refractivity contribution in [1.82, 2.24) is 19.6 Å². The van der Waals surface area contributed by atoms with Gasteiger partial charge >= 0.3 is 6.03 Å². The van der Waals surface area contributed by atoms with Crippen molar-refractivity contribution in [2.24, 2.45) is 0 Å². The second kappa shape index (κ2) is 9.66. The van der Waals surface area contributed by atoms with Crippen molar-refractivity contribution in [3.63, 3.8) is 0 Å². The molecule has 0 bridgehead atoms. The smallest absolute Gasteiger partial charge is 0.333 e. The number of nitrogens with zero attached hydrogens (tertiary/aromatic N) is 2. The van der Waals surface area contributed by atoms with Crippen LogP contribution in [0.2, 0.25) is 9.36 Å². The molecule has 0 atom stereocenters. The van der Waals surface area contributed by atoms with Gasteiger partial charge in [-0.25, -0.2) is 22.9 Å². The highest BCUT2D eigenvalue weighted by molar-refractivity contribution is 7.92. The van der Waals surface area contributed by atoms with Crippen molar-refractivity contribution in [2.75, 3.05) is 12.4 Å². The minimum Gasteiger partial charge on any atom is -0.373 e. The minimum absolute atomic E-state index is 0.107. The summed E-state index contributed by atoms with van der Waals surface area (Å²) in [7, 11) is -2.46. The summed E-state index contributed by atoms with van der Waals surface area (Å²) in [4.78, 5) is 29.5. The van der Waals surface area contributed by atoms with E-state index in [0.717, 1.165) is 11.3 Å². The number of amidine groups is 1. The third-order valence-electron chi connectivity index (χ3n) is 4.80. The Morgan fingerprint density at radius 1 is 1.11 bits per heavy atom. The van der Waals surface area contributed by atoms with Crippen molar-refractivity contribution in [1.29, 1.82) is 5.41 Å². The summed E-state index contributed by atoms with van der Waals surface area (Å²) in [5, 5.41) is 13.4. The lowest BCUT2D eigenvalue weighted by molar-refractivity contribution is 0.256. The van der Waals surface area contributed by atoms with Gasteiger partial charge in [-0.05, 0) is 42.5 Å². The molecule has 4 aromatic rings. The van der Waals surface area contributed by atoms with Crippen LogP contribution >= 0.6 is 34.5 Å². The van der Waals surface area contributed by atoms with Gasteiger partial charge in [0.05, 0.1) is 25.9 Å². The zero-order valence-electron chi connectivity index (χ0n) is 17.8. The van der Waals surface area contributed by atoms with Crippen LogP contribution in [0.25, 0.3) is 16.6 Å². The molecule has 2 aromatic heterocycles. The third-order valence-corrected chi connectivity index (χ3v) is 8.16. The highest BCUT2D eigenvalue weighted by Crippen LogP contribution is 2.26. The molecule has 180 valence electrons. The molecule has 2 heterocycles. The summed E-state index contributed by atoms with van der Waals surface area (Å²) in [5.74, 6) is 0.194. The van der Waals surface area contributed by atoms with E-state index in [1.165, 1.54) is 41.2 Å². The number of hydrogen-bond donors (Lipinski definition) is 4. The van der Waals surface area contributed by atoms with Crippen molar-refractivity contribution in [2.45, 2.75) is 4.21 Å². The molecule has 0 aliphatic rings. The average Bonchev–Trinajstić information content (AvgIpc) is 3.26. The van der Waals surface area contributed by atoms with Crippen molar-refractivity contribution in [3.05, 3.63) is 80.1 Å². The Balaban J connectivity index is 1.57. The Labute approximate surface area is 213 Å². The number of halogens is 2. The summed E-state index contributed by atoms with van der Waals surface area (Å²) < 4.78 is 27.8. The van der Waals surface area contributed by atoms with Gasteiger partial charge in [0.2, 0.25) is 0 Å². The second-order valence-corrected chi connectivity index (χ2v) is 11.1. The van der Waals surface area contributed by atoms with Gasteiger partial charge in [0.15, 0.2) is 0 Å². The Bertz CT molecular complexity index is 1650. The number of urea groups is 1. The zero-order chi connectivity index (χ0) is 25.3. The summed E-state index contributed by atoms with van der Waals surface area (Å²) >= 11 is 12.9. The fourth-order valence-electron chi connectivity index (χ4n) is 3.14. The first-order valence-corrected chi connectivity index (χ1v) is 12.8. The number of sulfonamides is 1. The predicted octanol–water partition coefficient (Wildman–Crippen LogP) is 3.81. The summed E-state index contributed by atoms with van der Waals surface area (Å²) in [6, 6.07) is 10.9. The van der Waals surface area contributed by atoms with Crippen molar-refractivity contribution < 1.29 is 13.2 Å². The number of fused-ring (bicyclic) bond motifs is 1. The molecule has 0 fully saturated rings. The van der Waals surface area contributed by atoms with E-state index in [-0.39, 0.29) is 30.7 Å². The first kappa shape index (κ1) is 24.7. The van der Waals surface area contributed by atoms with Crippen LogP contribution in [0.1, 0.15) is 5.56 Å². The number of carbonyl (C=O) groups excluding carboxylic acids is 1. The van der Waals surface area contributed by atoms with Crippen LogP contribution in [0.4, 0.5) is 10.5 Å². The van der Waals surface area contributed by atoms with Gasteiger partial charge in [-0.15, -0.1) is 11.3 Å². The number of benzene rings is 2. The molecule has 0 spiro atoms. The maximum atomic E-state index is 13.0. The number of carbonyl (C=O) groups is 1. The van der Waals surface area contributed by atoms with E-state index in [9.17, 15) is 18.0 Å². The predicted molar refractivity (Wildman–Crippen MR) is 137 cm³/mol. The van der Waals surface area contributed by atoms with Crippen LogP contribution in [0.5, 0.6) is 0 Å². The molecule has 0 unspecified atom stereocenters. The molecular formula is C21H16Cl2N6O4S2. The van der Waals surface area contributed by atoms with Crippen molar-refractivity contribution >= 4 is 73.0 Å². The number of nitrogens with one attached hydrogen (secondary N) is 4. The van der Waals surface area contributed by atoms with Gasteiger partial charge in [0.1, 0.15) is 16.4 Å². The topological polar surface area (TPSA) is 146 Å². The summed E-state index contributed by atoms with van der Waals surface area (Å²) in [6.45, 7) is 0. The molecule has 35 heavy (non-hydrogen) atoms. The van der Waals surface area contributed by atoms with E-state index in [0.29, 0.717) is 22.2 Å². The number of hydrogen-bond acceptors (Lipinski definition) is 7. The lowest BCUT2D eigenvalue weighted by atomic mass is 10.1. The number of aromatic nitrogens is 2. The molecule has 14 heteroatoms. The fraction of sp³-hybridized carbons (Fsp3) is 0.0476. The molecule has 0 aliphatic carbocycles. The lowest BCUT2D eigenvalue weighted by Gasteiger charge is -2.12. The minimum atomic E-state index is -4.09. The summed E-state index contributed by atoms with van der Waals surface area (Å²) in [5.41, 5.74) is 1.14. The van der Waals surface area contributed by atoms with Crippen LogP contribution in [-0.4, -0.2) is 36.9 Å². The number of anilines is 1. The monoisotopic (exact) mass is 550 g/mol.